The van der Waals surface area contributed by atoms with Gasteiger partial charge >= 0.3 is 0 Å². The molecule has 20 heavy (non-hydrogen) atoms. The van der Waals surface area contributed by atoms with Crippen molar-refractivity contribution in [2.45, 2.75) is 31.7 Å². The number of halogens is 2. The van der Waals surface area contributed by atoms with Crippen LogP contribution in [0.25, 0.3) is 0 Å². The Morgan fingerprint density at radius 2 is 2.05 bits per heavy atom. The summed E-state index contributed by atoms with van der Waals surface area (Å²) in [6.07, 6.45) is 3.08. The lowest BCUT2D eigenvalue weighted by Crippen LogP contribution is -2.31. The van der Waals surface area contributed by atoms with Gasteiger partial charge in [-0.05, 0) is 37.8 Å². The van der Waals surface area contributed by atoms with Crippen molar-refractivity contribution in [3.05, 3.63) is 29.3 Å². The predicted octanol–water partition coefficient (Wildman–Crippen LogP) is 1.99. The van der Waals surface area contributed by atoms with E-state index in [2.05, 4.69) is 0 Å². The minimum Gasteiger partial charge on any atom is -0.396 e. The first-order valence-corrected chi connectivity index (χ1v) is 6.75. The first-order valence-electron chi connectivity index (χ1n) is 6.75. The SMILES string of the molecule is N=C(N)c1cc(F)c(N2CCCC2CCCO)c(F)c1. The number of nitrogens with one attached hydrogen (secondary N) is 1. The van der Waals surface area contributed by atoms with E-state index >= 15 is 0 Å². The number of aliphatic hydroxyl groups excluding tert-OH is 1. The third kappa shape index (κ3) is 2.90. The number of amidine groups is 1. The van der Waals surface area contributed by atoms with E-state index in [1.54, 1.807) is 4.90 Å². The van der Waals surface area contributed by atoms with E-state index in [-0.39, 0.29) is 29.7 Å². The minimum atomic E-state index is -0.689. The lowest BCUT2D eigenvalue weighted by atomic mass is 10.1. The van der Waals surface area contributed by atoms with Crippen molar-refractivity contribution in [1.29, 1.82) is 5.41 Å². The van der Waals surface area contributed by atoms with Crippen molar-refractivity contribution < 1.29 is 13.9 Å². The van der Waals surface area contributed by atoms with E-state index in [1.807, 2.05) is 0 Å². The number of anilines is 1. The minimum absolute atomic E-state index is 0.0459. The fourth-order valence-electron chi connectivity index (χ4n) is 2.75. The van der Waals surface area contributed by atoms with Gasteiger partial charge < -0.3 is 15.7 Å². The zero-order valence-corrected chi connectivity index (χ0v) is 11.2. The normalized spacial score (nSPS) is 18.6. The Bertz CT molecular complexity index is 484. The first-order chi connectivity index (χ1) is 9.54. The topological polar surface area (TPSA) is 73.3 Å². The van der Waals surface area contributed by atoms with Gasteiger partial charge in [-0.3, -0.25) is 5.41 Å². The highest BCUT2D eigenvalue weighted by Gasteiger charge is 2.29. The van der Waals surface area contributed by atoms with Crippen LogP contribution >= 0.6 is 0 Å². The summed E-state index contributed by atoms with van der Waals surface area (Å²) in [6.45, 7) is 0.682. The zero-order valence-electron chi connectivity index (χ0n) is 11.2. The van der Waals surface area contributed by atoms with Crippen molar-refractivity contribution in [1.82, 2.24) is 0 Å². The zero-order chi connectivity index (χ0) is 14.7. The highest BCUT2D eigenvalue weighted by Crippen LogP contribution is 2.32. The first kappa shape index (κ1) is 14.7. The molecular weight excluding hydrogens is 264 g/mol. The molecule has 110 valence electrons. The number of nitrogens with zero attached hydrogens (tertiary/aromatic N) is 1. The van der Waals surface area contributed by atoms with Crippen LogP contribution in [0.2, 0.25) is 0 Å². The maximum absolute atomic E-state index is 14.1. The van der Waals surface area contributed by atoms with Crippen LogP contribution in [0.4, 0.5) is 14.5 Å². The quantitative estimate of drug-likeness (QED) is 0.571. The second-order valence-corrected chi connectivity index (χ2v) is 5.06. The van der Waals surface area contributed by atoms with E-state index in [4.69, 9.17) is 16.2 Å². The van der Waals surface area contributed by atoms with E-state index in [0.29, 0.717) is 19.4 Å². The van der Waals surface area contributed by atoms with Crippen LogP contribution in [0.3, 0.4) is 0 Å². The van der Waals surface area contributed by atoms with E-state index in [0.717, 1.165) is 25.0 Å². The molecule has 0 aliphatic carbocycles. The van der Waals surface area contributed by atoms with Gasteiger partial charge in [-0.2, -0.15) is 0 Å². The summed E-state index contributed by atoms with van der Waals surface area (Å²) in [5.41, 5.74) is 5.26. The Hall–Kier alpha value is -1.69. The molecule has 0 aromatic heterocycles. The molecule has 1 aliphatic rings. The Morgan fingerprint density at radius 1 is 1.40 bits per heavy atom. The second-order valence-electron chi connectivity index (χ2n) is 5.06. The summed E-state index contributed by atoms with van der Waals surface area (Å²) >= 11 is 0. The fourth-order valence-corrected chi connectivity index (χ4v) is 2.75. The number of aliphatic hydroxyl groups is 1. The molecule has 0 saturated carbocycles. The number of hydrogen-bond donors (Lipinski definition) is 3. The molecule has 4 N–H and O–H groups in total. The molecular formula is C14H19F2N3O. The molecule has 1 aliphatic heterocycles. The summed E-state index contributed by atoms with van der Waals surface area (Å²) in [5, 5.41) is 16.1. The van der Waals surface area contributed by atoms with Gasteiger partial charge in [0.25, 0.3) is 0 Å². The Labute approximate surface area is 116 Å². The van der Waals surface area contributed by atoms with Gasteiger partial charge in [0.15, 0.2) is 0 Å². The highest BCUT2D eigenvalue weighted by molar-refractivity contribution is 5.95. The van der Waals surface area contributed by atoms with Crippen LogP contribution in [-0.4, -0.2) is 30.1 Å². The summed E-state index contributed by atoms with van der Waals surface area (Å²) < 4.78 is 28.3. The fraction of sp³-hybridized carbons (Fsp3) is 0.500. The molecule has 2 rings (SSSR count). The van der Waals surface area contributed by atoms with Crippen molar-refractivity contribution >= 4 is 11.5 Å². The van der Waals surface area contributed by atoms with Gasteiger partial charge in [-0.1, -0.05) is 0 Å². The molecule has 1 atom stereocenters. The third-order valence-electron chi connectivity index (χ3n) is 3.69. The molecule has 1 saturated heterocycles. The number of nitrogen functional groups attached to an aromatic ring is 1. The maximum Gasteiger partial charge on any atom is 0.150 e. The number of rotatable bonds is 5. The second kappa shape index (κ2) is 6.17. The standard InChI is InChI=1S/C14H19F2N3O/c15-11-7-9(14(17)18)8-12(16)13(11)19-5-1-3-10(19)4-2-6-20/h7-8,10,20H,1-6H2,(H3,17,18). The van der Waals surface area contributed by atoms with Crippen LogP contribution in [0.1, 0.15) is 31.2 Å². The summed E-state index contributed by atoms with van der Waals surface area (Å²) in [4.78, 5) is 1.73. The van der Waals surface area contributed by atoms with Gasteiger partial charge in [0, 0.05) is 24.8 Å². The molecule has 1 aromatic carbocycles. The third-order valence-corrected chi connectivity index (χ3v) is 3.69. The Kier molecular flexibility index (Phi) is 4.54. The molecule has 0 bridgehead atoms. The molecule has 1 aromatic rings. The molecule has 1 unspecified atom stereocenters. The molecule has 0 spiro atoms. The number of benzene rings is 1. The number of hydrogen-bond acceptors (Lipinski definition) is 3. The van der Waals surface area contributed by atoms with E-state index < -0.39 is 11.6 Å². The van der Waals surface area contributed by atoms with Gasteiger partial charge in [-0.25, -0.2) is 8.78 Å². The lowest BCUT2D eigenvalue weighted by molar-refractivity contribution is 0.279. The smallest absolute Gasteiger partial charge is 0.150 e. The van der Waals surface area contributed by atoms with Crippen LogP contribution < -0.4 is 10.6 Å². The lowest BCUT2D eigenvalue weighted by Gasteiger charge is -2.27. The summed E-state index contributed by atoms with van der Waals surface area (Å²) in [6, 6.07) is 2.25. The van der Waals surface area contributed by atoms with Gasteiger partial charge in [-0.15, -0.1) is 0 Å². The van der Waals surface area contributed by atoms with Crippen LogP contribution in [0.15, 0.2) is 12.1 Å². The van der Waals surface area contributed by atoms with Gasteiger partial charge in [0.05, 0.1) is 0 Å². The molecule has 1 fully saturated rings. The van der Waals surface area contributed by atoms with E-state index in [9.17, 15) is 8.78 Å². The molecule has 6 heteroatoms. The average Bonchev–Trinajstić information content (AvgIpc) is 2.83. The van der Waals surface area contributed by atoms with Crippen LogP contribution in [0.5, 0.6) is 0 Å². The van der Waals surface area contributed by atoms with Gasteiger partial charge in [0.2, 0.25) is 0 Å². The van der Waals surface area contributed by atoms with E-state index in [1.165, 1.54) is 0 Å². The number of nitrogens with two attached hydrogens (primary N) is 1. The van der Waals surface area contributed by atoms with Crippen molar-refractivity contribution in [3.8, 4) is 0 Å². The summed E-state index contributed by atoms with van der Waals surface area (Å²) in [7, 11) is 0. The Balaban J connectivity index is 2.29. The average molecular weight is 283 g/mol. The molecule has 0 amide bonds. The maximum atomic E-state index is 14.1. The van der Waals surface area contributed by atoms with Gasteiger partial charge in [0.1, 0.15) is 23.2 Å². The Morgan fingerprint density at radius 3 is 2.60 bits per heavy atom. The molecule has 1 heterocycles. The van der Waals surface area contributed by atoms with Crippen LogP contribution in [-0.2, 0) is 0 Å². The molecule has 0 radical (unpaired) electrons. The molecule has 4 nitrogen and oxygen atoms in total. The van der Waals surface area contributed by atoms with Crippen molar-refractivity contribution in [2.75, 3.05) is 18.1 Å². The van der Waals surface area contributed by atoms with Crippen molar-refractivity contribution in [3.63, 3.8) is 0 Å². The summed E-state index contributed by atoms with van der Waals surface area (Å²) in [5.74, 6) is -1.73. The predicted molar refractivity (Wildman–Crippen MR) is 74.1 cm³/mol. The van der Waals surface area contributed by atoms with Crippen LogP contribution in [0, 0.1) is 17.0 Å². The van der Waals surface area contributed by atoms with Crippen molar-refractivity contribution in [2.24, 2.45) is 5.73 Å². The largest absolute Gasteiger partial charge is 0.396 e. The highest BCUT2D eigenvalue weighted by atomic mass is 19.1. The monoisotopic (exact) mass is 283 g/mol.